The Bertz CT molecular complexity index is 1010. The lowest BCUT2D eigenvalue weighted by molar-refractivity contribution is -0.120. The number of anilines is 1. The van der Waals surface area contributed by atoms with Crippen molar-refractivity contribution in [3.63, 3.8) is 0 Å². The second-order valence-electron chi connectivity index (χ2n) is 9.00. The molecular weight excluding hydrogens is 398 g/mol. The van der Waals surface area contributed by atoms with Crippen LogP contribution in [-0.4, -0.2) is 21.1 Å². The molecule has 1 aromatic heterocycles. The first-order chi connectivity index (χ1) is 15.4. The molecule has 0 aliphatic carbocycles. The molecule has 1 amide bonds. The van der Waals surface area contributed by atoms with Crippen molar-refractivity contribution in [3.05, 3.63) is 71.4 Å². The van der Waals surface area contributed by atoms with Gasteiger partial charge >= 0.3 is 0 Å². The van der Waals surface area contributed by atoms with Gasteiger partial charge in [-0.05, 0) is 47.8 Å². The summed E-state index contributed by atoms with van der Waals surface area (Å²) in [6.07, 6.45) is 4.75. The van der Waals surface area contributed by atoms with Gasteiger partial charge in [0.15, 0.2) is 0 Å². The summed E-state index contributed by atoms with van der Waals surface area (Å²) in [4.78, 5) is 16.8. The first-order valence-corrected chi connectivity index (χ1v) is 11.3. The van der Waals surface area contributed by atoms with E-state index in [-0.39, 0.29) is 11.9 Å². The fourth-order valence-corrected chi connectivity index (χ4v) is 3.66. The summed E-state index contributed by atoms with van der Waals surface area (Å²) in [5.41, 5.74) is 11.0. The van der Waals surface area contributed by atoms with Gasteiger partial charge in [0, 0.05) is 12.0 Å². The minimum Gasteiger partial charge on any atom is -0.273 e. The molecule has 0 saturated carbocycles. The highest BCUT2D eigenvalue weighted by molar-refractivity contribution is 5.77. The molecule has 0 aliphatic heterocycles. The molecule has 0 radical (unpaired) electrons. The Hall–Kier alpha value is -3.28. The van der Waals surface area contributed by atoms with E-state index in [9.17, 15) is 4.79 Å². The van der Waals surface area contributed by atoms with Crippen molar-refractivity contribution in [3.8, 4) is 11.3 Å². The Morgan fingerprint density at radius 2 is 1.59 bits per heavy atom. The number of amides is 1. The van der Waals surface area contributed by atoms with Crippen molar-refractivity contribution in [1.82, 2.24) is 20.6 Å². The summed E-state index contributed by atoms with van der Waals surface area (Å²) >= 11 is 0. The number of benzene rings is 2. The molecule has 0 bridgehead atoms. The monoisotopic (exact) mass is 431 g/mol. The smallest absolute Gasteiger partial charge is 0.262 e. The number of aryl methyl sites for hydroxylation is 1. The highest BCUT2D eigenvalue weighted by Gasteiger charge is 2.09. The van der Waals surface area contributed by atoms with Gasteiger partial charge in [0.2, 0.25) is 5.91 Å². The number of hydrogen-bond acceptors (Lipinski definition) is 5. The van der Waals surface area contributed by atoms with E-state index in [1.54, 1.807) is 6.20 Å². The minimum absolute atomic E-state index is 0.114. The van der Waals surface area contributed by atoms with Gasteiger partial charge in [-0.25, -0.2) is 4.98 Å². The molecule has 0 saturated heterocycles. The lowest BCUT2D eigenvalue weighted by atomic mass is 9.95. The SMILES string of the molecule is CC(C)Cc1ccc(-c2cnnc(NNC(=O)CCc3ccccc3CC(C)C)n2)cc1. The molecule has 0 fully saturated rings. The Morgan fingerprint density at radius 3 is 2.28 bits per heavy atom. The Kier molecular flexibility index (Phi) is 8.31. The van der Waals surface area contributed by atoms with Gasteiger partial charge in [-0.15, -0.1) is 5.10 Å². The van der Waals surface area contributed by atoms with Crippen molar-refractivity contribution in [1.29, 1.82) is 0 Å². The van der Waals surface area contributed by atoms with Crippen LogP contribution in [0.1, 0.15) is 50.8 Å². The van der Waals surface area contributed by atoms with Gasteiger partial charge < -0.3 is 0 Å². The molecule has 2 aromatic carbocycles. The van der Waals surface area contributed by atoms with Gasteiger partial charge in [-0.2, -0.15) is 5.10 Å². The van der Waals surface area contributed by atoms with Crippen LogP contribution in [0.15, 0.2) is 54.7 Å². The predicted octanol–water partition coefficient (Wildman–Crippen LogP) is 5.01. The number of nitrogens with one attached hydrogen (secondary N) is 2. The van der Waals surface area contributed by atoms with Crippen molar-refractivity contribution in [2.45, 2.75) is 53.4 Å². The van der Waals surface area contributed by atoms with Crippen molar-refractivity contribution < 1.29 is 4.79 Å². The lowest BCUT2D eigenvalue weighted by Crippen LogP contribution is -2.30. The van der Waals surface area contributed by atoms with Gasteiger partial charge in [-0.1, -0.05) is 76.2 Å². The molecule has 0 aliphatic rings. The summed E-state index contributed by atoms with van der Waals surface area (Å²) in [5, 5.41) is 7.99. The third kappa shape index (κ3) is 7.15. The van der Waals surface area contributed by atoms with Gasteiger partial charge in [0.05, 0.1) is 11.9 Å². The van der Waals surface area contributed by atoms with E-state index in [1.807, 2.05) is 18.2 Å². The molecule has 0 atom stereocenters. The van der Waals surface area contributed by atoms with Crippen molar-refractivity contribution in [2.75, 3.05) is 5.43 Å². The maximum absolute atomic E-state index is 12.4. The predicted molar refractivity (Wildman–Crippen MR) is 129 cm³/mol. The normalized spacial score (nSPS) is 11.1. The van der Waals surface area contributed by atoms with Crippen LogP contribution in [0.3, 0.4) is 0 Å². The molecule has 1 heterocycles. The highest BCUT2D eigenvalue weighted by Crippen LogP contribution is 2.19. The van der Waals surface area contributed by atoms with Crippen molar-refractivity contribution >= 4 is 11.9 Å². The van der Waals surface area contributed by atoms with E-state index in [0.29, 0.717) is 30.4 Å². The summed E-state index contributed by atoms with van der Waals surface area (Å²) < 4.78 is 0. The van der Waals surface area contributed by atoms with Crippen LogP contribution in [0.5, 0.6) is 0 Å². The van der Waals surface area contributed by atoms with E-state index >= 15 is 0 Å². The molecule has 2 N–H and O–H groups in total. The van der Waals surface area contributed by atoms with Gasteiger partial charge in [0.1, 0.15) is 0 Å². The summed E-state index contributed by atoms with van der Waals surface area (Å²) in [5.74, 6) is 1.35. The molecule has 3 rings (SSSR count). The first kappa shape index (κ1) is 23.4. The van der Waals surface area contributed by atoms with E-state index < -0.39 is 0 Å². The van der Waals surface area contributed by atoms with E-state index in [2.05, 4.69) is 84.1 Å². The lowest BCUT2D eigenvalue weighted by Gasteiger charge is -2.12. The Balaban J connectivity index is 1.55. The number of hydrogen-bond donors (Lipinski definition) is 2. The summed E-state index contributed by atoms with van der Waals surface area (Å²) in [6.45, 7) is 8.82. The zero-order chi connectivity index (χ0) is 22.9. The second kappa shape index (κ2) is 11.4. The molecule has 32 heavy (non-hydrogen) atoms. The van der Waals surface area contributed by atoms with Crippen LogP contribution >= 0.6 is 0 Å². The van der Waals surface area contributed by atoms with Crippen LogP contribution < -0.4 is 10.9 Å². The van der Waals surface area contributed by atoms with Crippen LogP contribution in [-0.2, 0) is 24.1 Å². The van der Waals surface area contributed by atoms with Crippen LogP contribution in [0.25, 0.3) is 11.3 Å². The van der Waals surface area contributed by atoms with Crippen LogP contribution in [0, 0.1) is 11.8 Å². The maximum atomic E-state index is 12.4. The molecule has 0 spiro atoms. The fourth-order valence-electron chi connectivity index (χ4n) is 3.66. The van der Waals surface area contributed by atoms with E-state index in [4.69, 9.17) is 0 Å². The maximum Gasteiger partial charge on any atom is 0.262 e. The average molecular weight is 432 g/mol. The third-order valence-corrected chi connectivity index (χ3v) is 5.13. The Morgan fingerprint density at radius 1 is 0.906 bits per heavy atom. The number of carbonyl (C=O) groups is 1. The molecule has 6 heteroatoms. The van der Waals surface area contributed by atoms with E-state index in [1.165, 1.54) is 16.7 Å². The van der Waals surface area contributed by atoms with Crippen LogP contribution in [0.2, 0.25) is 0 Å². The fraction of sp³-hybridized carbons (Fsp3) is 0.385. The number of nitrogens with zero attached hydrogens (tertiary/aromatic N) is 3. The minimum atomic E-state index is -0.114. The highest BCUT2D eigenvalue weighted by atomic mass is 16.2. The summed E-state index contributed by atoms with van der Waals surface area (Å²) in [7, 11) is 0. The molecule has 3 aromatic rings. The van der Waals surface area contributed by atoms with Gasteiger partial charge in [-0.3, -0.25) is 15.6 Å². The number of rotatable bonds is 10. The van der Waals surface area contributed by atoms with Gasteiger partial charge in [0.25, 0.3) is 5.95 Å². The second-order valence-corrected chi connectivity index (χ2v) is 9.00. The molecule has 6 nitrogen and oxygen atoms in total. The molecule has 0 unspecified atom stereocenters. The number of carbonyl (C=O) groups excluding carboxylic acids is 1. The topological polar surface area (TPSA) is 79.8 Å². The summed E-state index contributed by atoms with van der Waals surface area (Å²) in [6, 6.07) is 16.6. The van der Waals surface area contributed by atoms with E-state index in [0.717, 1.165) is 18.4 Å². The quantitative estimate of drug-likeness (QED) is 0.441. The number of aromatic nitrogens is 3. The molecular formula is C26H33N5O. The largest absolute Gasteiger partial charge is 0.273 e. The Labute approximate surface area is 190 Å². The zero-order valence-electron chi connectivity index (χ0n) is 19.4. The van der Waals surface area contributed by atoms with Crippen molar-refractivity contribution in [2.24, 2.45) is 11.8 Å². The zero-order valence-corrected chi connectivity index (χ0v) is 19.4. The molecule has 168 valence electrons. The first-order valence-electron chi connectivity index (χ1n) is 11.3. The average Bonchev–Trinajstić information content (AvgIpc) is 2.77. The standard InChI is InChI=1S/C26H33N5O/c1-18(2)15-20-9-11-22(12-10-20)24-17-27-30-26(28-24)31-29-25(32)14-13-21-7-5-6-8-23(21)16-19(3)4/h5-12,17-19H,13-16H2,1-4H3,(H,29,32)(H,28,30,31). The van der Waals surface area contributed by atoms with Crippen LogP contribution in [0.4, 0.5) is 5.95 Å². The third-order valence-electron chi connectivity index (χ3n) is 5.13. The number of hydrazine groups is 1.